The van der Waals surface area contributed by atoms with Crippen molar-refractivity contribution in [2.24, 2.45) is 4.99 Å². The molecule has 0 saturated heterocycles. The van der Waals surface area contributed by atoms with Gasteiger partial charge in [-0.15, -0.1) is 24.0 Å². The number of hydrogen-bond donors (Lipinski definition) is 2. The van der Waals surface area contributed by atoms with Crippen molar-refractivity contribution in [1.82, 2.24) is 20.5 Å². The number of nitrogens with one attached hydrogen (secondary N) is 2. The smallest absolute Gasteiger partial charge is 0.191 e. The highest BCUT2D eigenvalue weighted by atomic mass is 127. The predicted octanol–water partition coefficient (Wildman–Crippen LogP) is 1.33. The van der Waals surface area contributed by atoms with Gasteiger partial charge in [-0.3, -0.25) is 4.98 Å². The van der Waals surface area contributed by atoms with Crippen LogP contribution >= 0.6 is 24.0 Å². The lowest BCUT2D eigenvalue weighted by molar-refractivity contribution is 0.162. The number of guanidine groups is 1. The van der Waals surface area contributed by atoms with Crippen molar-refractivity contribution in [3.63, 3.8) is 0 Å². The summed E-state index contributed by atoms with van der Waals surface area (Å²) in [6.45, 7) is 6.95. The molecule has 7 heteroatoms. The van der Waals surface area contributed by atoms with E-state index in [9.17, 15) is 0 Å². The first-order chi connectivity index (χ1) is 10.3. The summed E-state index contributed by atoms with van der Waals surface area (Å²) in [7, 11) is 3.80. The van der Waals surface area contributed by atoms with E-state index in [1.807, 2.05) is 18.2 Å². The molecular formula is C15H28IN5O. The van der Waals surface area contributed by atoms with Crippen LogP contribution in [0.1, 0.15) is 12.6 Å². The van der Waals surface area contributed by atoms with Gasteiger partial charge in [-0.2, -0.15) is 0 Å². The average Bonchev–Trinajstić information content (AvgIpc) is 2.51. The van der Waals surface area contributed by atoms with Gasteiger partial charge >= 0.3 is 0 Å². The van der Waals surface area contributed by atoms with E-state index in [0.717, 1.165) is 44.4 Å². The summed E-state index contributed by atoms with van der Waals surface area (Å²) in [6, 6.07) is 5.86. The monoisotopic (exact) mass is 421 g/mol. The lowest BCUT2D eigenvalue weighted by atomic mass is 10.3. The second-order valence-corrected chi connectivity index (χ2v) is 4.74. The highest BCUT2D eigenvalue weighted by Gasteiger charge is 2.00. The van der Waals surface area contributed by atoms with Gasteiger partial charge < -0.3 is 20.3 Å². The van der Waals surface area contributed by atoms with Crippen molar-refractivity contribution in [1.29, 1.82) is 0 Å². The van der Waals surface area contributed by atoms with Crippen LogP contribution < -0.4 is 10.6 Å². The van der Waals surface area contributed by atoms with E-state index in [2.05, 4.69) is 39.5 Å². The Morgan fingerprint density at radius 3 is 2.77 bits per heavy atom. The maximum absolute atomic E-state index is 5.06. The molecule has 0 saturated carbocycles. The summed E-state index contributed by atoms with van der Waals surface area (Å²) in [5.41, 5.74) is 0.965. The molecule has 0 atom stereocenters. The molecular weight excluding hydrogens is 393 g/mol. The van der Waals surface area contributed by atoms with Crippen LogP contribution in [0.4, 0.5) is 0 Å². The van der Waals surface area contributed by atoms with E-state index < -0.39 is 0 Å². The Morgan fingerprint density at radius 1 is 1.32 bits per heavy atom. The molecule has 1 aromatic rings. The highest BCUT2D eigenvalue weighted by molar-refractivity contribution is 14.0. The Morgan fingerprint density at radius 2 is 2.14 bits per heavy atom. The molecule has 2 N–H and O–H groups in total. The Kier molecular flexibility index (Phi) is 13.1. The van der Waals surface area contributed by atoms with E-state index >= 15 is 0 Å². The molecule has 0 unspecified atom stereocenters. The fraction of sp³-hybridized carbons (Fsp3) is 0.600. The van der Waals surface area contributed by atoms with Gasteiger partial charge in [-0.1, -0.05) is 6.07 Å². The van der Waals surface area contributed by atoms with Crippen molar-refractivity contribution in [3.8, 4) is 0 Å². The molecule has 0 aromatic carbocycles. The summed E-state index contributed by atoms with van der Waals surface area (Å²) in [6.07, 6.45) is 1.79. The lowest BCUT2D eigenvalue weighted by Gasteiger charge is -2.17. The van der Waals surface area contributed by atoms with E-state index in [1.54, 1.807) is 13.3 Å². The Balaban J connectivity index is 0.00000441. The van der Waals surface area contributed by atoms with Crippen LogP contribution in [0.3, 0.4) is 0 Å². The first-order valence-corrected chi connectivity index (χ1v) is 7.35. The zero-order chi connectivity index (χ0) is 15.3. The molecule has 0 spiro atoms. The molecule has 0 radical (unpaired) electrons. The number of ether oxygens (including phenoxy) is 1. The molecule has 1 aromatic heterocycles. The summed E-state index contributed by atoms with van der Waals surface area (Å²) >= 11 is 0. The molecule has 6 nitrogen and oxygen atoms in total. The maximum Gasteiger partial charge on any atom is 0.191 e. The second-order valence-electron chi connectivity index (χ2n) is 4.74. The molecule has 0 fully saturated rings. The minimum atomic E-state index is 0. The quantitative estimate of drug-likeness (QED) is 0.358. The number of aromatic nitrogens is 1. The van der Waals surface area contributed by atoms with E-state index in [4.69, 9.17) is 4.74 Å². The Labute approximate surface area is 150 Å². The minimum Gasteiger partial charge on any atom is -0.383 e. The standard InChI is InChI=1S/C15H27N5O.HI/c1-4-16-15(18-9-10-20(2)11-12-21-3)19-13-14-7-5-6-8-17-14;/h5-8H,4,9-13H2,1-3H3,(H2,16,18,19);1H. The third-order valence-electron chi connectivity index (χ3n) is 2.93. The summed E-state index contributed by atoms with van der Waals surface area (Å²) in [5, 5.41) is 6.56. The van der Waals surface area contributed by atoms with Crippen LogP contribution in [0.25, 0.3) is 0 Å². The van der Waals surface area contributed by atoms with Crippen molar-refractivity contribution in [3.05, 3.63) is 30.1 Å². The molecule has 0 amide bonds. The zero-order valence-electron chi connectivity index (χ0n) is 13.7. The summed E-state index contributed by atoms with van der Waals surface area (Å²) in [5.74, 6) is 0.822. The van der Waals surface area contributed by atoms with Gasteiger partial charge in [0.2, 0.25) is 0 Å². The van der Waals surface area contributed by atoms with Crippen LogP contribution in [-0.4, -0.2) is 62.8 Å². The fourth-order valence-corrected chi connectivity index (χ4v) is 1.72. The molecule has 0 aliphatic heterocycles. The largest absolute Gasteiger partial charge is 0.383 e. The molecule has 0 aliphatic rings. The summed E-state index contributed by atoms with van der Waals surface area (Å²) in [4.78, 5) is 11.0. The van der Waals surface area contributed by atoms with Crippen LogP contribution in [0.15, 0.2) is 29.4 Å². The van der Waals surface area contributed by atoms with E-state index in [0.29, 0.717) is 6.54 Å². The van der Waals surface area contributed by atoms with E-state index in [-0.39, 0.29) is 24.0 Å². The van der Waals surface area contributed by atoms with Gasteiger partial charge in [0, 0.05) is 39.5 Å². The Bertz CT molecular complexity index is 402. The van der Waals surface area contributed by atoms with Gasteiger partial charge in [0.1, 0.15) is 0 Å². The molecule has 126 valence electrons. The number of rotatable bonds is 9. The number of likely N-dealkylation sites (N-methyl/N-ethyl adjacent to an activating group) is 1. The SMILES string of the molecule is CCNC(=NCc1ccccn1)NCCN(C)CCOC.I. The van der Waals surface area contributed by atoms with Crippen LogP contribution in [0, 0.1) is 0 Å². The Hall–Kier alpha value is -0.930. The van der Waals surface area contributed by atoms with Gasteiger partial charge in [-0.25, -0.2) is 4.99 Å². The topological polar surface area (TPSA) is 61.8 Å². The van der Waals surface area contributed by atoms with E-state index in [1.165, 1.54) is 0 Å². The van der Waals surface area contributed by atoms with Crippen molar-refractivity contribution in [2.45, 2.75) is 13.5 Å². The fourth-order valence-electron chi connectivity index (χ4n) is 1.72. The minimum absolute atomic E-state index is 0. The highest BCUT2D eigenvalue weighted by Crippen LogP contribution is 1.95. The van der Waals surface area contributed by atoms with Crippen LogP contribution in [0.2, 0.25) is 0 Å². The number of aliphatic imine (C=N–C) groups is 1. The van der Waals surface area contributed by atoms with Crippen molar-refractivity contribution < 1.29 is 4.74 Å². The first-order valence-electron chi connectivity index (χ1n) is 7.35. The van der Waals surface area contributed by atoms with Gasteiger partial charge in [0.05, 0.1) is 18.8 Å². The number of methoxy groups -OCH3 is 1. The first kappa shape index (κ1) is 21.1. The number of halogens is 1. The summed E-state index contributed by atoms with van der Waals surface area (Å²) < 4.78 is 5.06. The molecule has 0 aliphatic carbocycles. The zero-order valence-corrected chi connectivity index (χ0v) is 16.0. The van der Waals surface area contributed by atoms with Crippen molar-refractivity contribution in [2.75, 3.05) is 46.9 Å². The third kappa shape index (κ3) is 9.91. The molecule has 22 heavy (non-hydrogen) atoms. The molecule has 1 heterocycles. The molecule has 0 bridgehead atoms. The third-order valence-corrected chi connectivity index (χ3v) is 2.93. The number of nitrogens with zero attached hydrogens (tertiary/aromatic N) is 3. The maximum atomic E-state index is 5.06. The normalized spacial score (nSPS) is 11.2. The van der Waals surface area contributed by atoms with Crippen LogP contribution in [-0.2, 0) is 11.3 Å². The number of hydrogen-bond acceptors (Lipinski definition) is 4. The number of pyridine rings is 1. The lowest BCUT2D eigenvalue weighted by Crippen LogP contribution is -2.41. The average molecular weight is 421 g/mol. The van der Waals surface area contributed by atoms with Gasteiger partial charge in [-0.05, 0) is 26.1 Å². The predicted molar refractivity (Wildman–Crippen MR) is 102 cm³/mol. The molecule has 1 rings (SSSR count). The van der Waals surface area contributed by atoms with Crippen LogP contribution in [0.5, 0.6) is 0 Å². The van der Waals surface area contributed by atoms with Gasteiger partial charge in [0.25, 0.3) is 0 Å². The van der Waals surface area contributed by atoms with Gasteiger partial charge in [0.15, 0.2) is 5.96 Å². The second kappa shape index (κ2) is 13.7. The van der Waals surface area contributed by atoms with Crippen molar-refractivity contribution >= 4 is 29.9 Å².